The number of para-hydroxylation sites is 1. The van der Waals surface area contributed by atoms with Gasteiger partial charge in [-0.2, -0.15) is 5.10 Å². The van der Waals surface area contributed by atoms with Crippen molar-refractivity contribution < 1.29 is 14.0 Å². The van der Waals surface area contributed by atoms with E-state index in [2.05, 4.69) is 15.7 Å². The molecular formula is C20H18ClFN4O2. The molecule has 0 unspecified atom stereocenters. The number of carbonyl (C=O) groups excluding carboxylic acids is 2. The number of benzene rings is 2. The van der Waals surface area contributed by atoms with Crippen LogP contribution in [-0.2, 0) is 11.3 Å². The number of nitrogens with zero attached hydrogens (tertiary/aromatic N) is 2. The van der Waals surface area contributed by atoms with E-state index >= 15 is 0 Å². The number of carbonyl (C=O) groups is 2. The van der Waals surface area contributed by atoms with E-state index in [-0.39, 0.29) is 29.5 Å². The average Bonchev–Trinajstić information content (AvgIpc) is 3.16. The molecule has 2 aromatic carbocycles. The lowest BCUT2D eigenvalue weighted by Gasteiger charge is -2.07. The highest BCUT2D eigenvalue weighted by atomic mass is 35.5. The molecule has 2 N–H and O–H groups in total. The van der Waals surface area contributed by atoms with E-state index in [1.54, 1.807) is 10.9 Å². The van der Waals surface area contributed by atoms with Gasteiger partial charge >= 0.3 is 0 Å². The standard InChI is InChI=1S/C20H18ClFN4O2/c21-18-10-15(22)6-7-17(18)20(28)23-9-8-19(27)24-11-14-12-25-26(13-14)16-4-2-1-3-5-16/h1-7,10,12-13H,8-9,11H2,(H,23,28)(H,24,27). The van der Waals surface area contributed by atoms with E-state index in [1.165, 1.54) is 6.07 Å². The number of rotatable bonds is 7. The molecular weight excluding hydrogens is 383 g/mol. The molecule has 0 spiro atoms. The molecule has 1 heterocycles. The summed E-state index contributed by atoms with van der Waals surface area (Å²) in [6, 6.07) is 13.2. The van der Waals surface area contributed by atoms with Gasteiger partial charge in [-0.15, -0.1) is 0 Å². The summed E-state index contributed by atoms with van der Waals surface area (Å²) in [6.45, 7) is 0.477. The Hall–Kier alpha value is -3.19. The summed E-state index contributed by atoms with van der Waals surface area (Å²) in [5.74, 6) is -1.18. The number of amides is 2. The van der Waals surface area contributed by atoms with Crippen molar-refractivity contribution in [2.45, 2.75) is 13.0 Å². The van der Waals surface area contributed by atoms with Crippen molar-refractivity contribution in [2.24, 2.45) is 0 Å². The molecule has 0 aliphatic carbocycles. The Bertz CT molecular complexity index is 975. The zero-order valence-electron chi connectivity index (χ0n) is 14.9. The summed E-state index contributed by atoms with van der Waals surface area (Å²) in [6.07, 6.45) is 3.64. The van der Waals surface area contributed by atoms with Gasteiger partial charge in [0.15, 0.2) is 0 Å². The van der Waals surface area contributed by atoms with Gasteiger partial charge in [0.2, 0.25) is 5.91 Å². The molecule has 28 heavy (non-hydrogen) atoms. The fourth-order valence-corrected chi connectivity index (χ4v) is 2.77. The van der Waals surface area contributed by atoms with E-state index in [1.807, 2.05) is 36.5 Å². The largest absolute Gasteiger partial charge is 0.352 e. The third-order valence-corrected chi connectivity index (χ3v) is 4.27. The Morgan fingerprint density at radius 2 is 1.89 bits per heavy atom. The maximum Gasteiger partial charge on any atom is 0.252 e. The molecule has 2 amide bonds. The third-order valence-electron chi connectivity index (χ3n) is 3.96. The second-order valence-electron chi connectivity index (χ2n) is 6.04. The van der Waals surface area contributed by atoms with Crippen molar-refractivity contribution in [1.29, 1.82) is 0 Å². The highest BCUT2D eigenvalue weighted by Gasteiger charge is 2.11. The number of hydrogen-bond donors (Lipinski definition) is 2. The van der Waals surface area contributed by atoms with Crippen LogP contribution < -0.4 is 10.6 Å². The monoisotopic (exact) mass is 400 g/mol. The van der Waals surface area contributed by atoms with Crippen LogP contribution in [0.3, 0.4) is 0 Å². The summed E-state index contributed by atoms with van der Waals surface area (Å²) in [7, 11) is 0. The van der Waals surface area contributed by atoms with Crippen molar-refractivity contribution in [3.63, 3.8) is 0 Å². The quantitative estimate of drug-likeness (QED) is 0.639. The van der Waals surface area contributed by atoms with E-state index in [0.29, 0.717) is 6.54 Å². The first-order chi connectivity index (χ1) is 13.5. The first kappa shape index (κ1) is 19.6. The van der Waals surface area contributed by atoms with E-state index in [9.17, 15) is 14.0 Å². The number of aromatic nitrogens is 2. The fourth-order valence-electron chi connectivity index (χ4n) is 2.52. The molecule has 0 fully saturated rings. The second kappa shape index (κ2) is 9.14. The Balaban J connectivity index is 1.42. The highest BCUT2D eigenvalue weighted by molar-refractivity contribution is 6.33. The summed E-state index contributed by atoms with van der Waals surface area (Å²) in [5, 5.41) is 9.66. The lowest BCUT2D eigenvalue weighted by Crippen LogP contribution is -2.30. The van der Waals surface area contributed by atoms with Gasteiger partial charge in [-0.05, 0) is 30.3 Å². The van der Waals surface area contributed by atoms with Crippen LogP contribution in [-0.4, -0.2) is 28.1 Å². The smallest absolute Gasteiger partial charge is 0.252 e. The molecule has 0 bridgehead atoms. The van der Waals surface area contributed by atoms with Gasteiger partial charge in [-0.1, -0.05) is 29.8 Å². The molecule has 8 heteroatoms. The zero-order chi connectivity index (χ0) is 19.9. The first-order valence-electron chi connectivity index (χ1n) is 8.62. The van der Waals surface area contributed by atoms with Crippen molar-refractivity contribution in [3.8, 4) is 5.69 Å². The Labute approximate surface area is 166 Å². The third kappa shape index (κ3) is 5.17. The van der Waals surface area contributed by atoms with E-state index in [4.69, 9.17) is 11.6 Å². The van der Waals surface area contributed by atoms with Gasteiger partial charge in [-0.3, -0.25) is 9.59 Å². The van der Waals surface area contributed by atoms with Crippen LogP contribution in [0.4, 0.5) is 4.39 Å². The first-order valence-corrected chi connectivity index (χ1v) is 8.99. The highest BCUT2D eigenvalue weighted by Crippen LogP contribution is 2.16. The van der Waals surface area contributed by atoms with Crippen LogP contribution in [0.1, 0.15) is 22.3 Å². The topological polar surface area (TPSA) is 76.0 Å². The van der Waals surface area contributed by atoms with Crippen molar-refractivity contribution in [1.82, 2.24) is 20.4 Å². The molecule has 6 nitrogen and oxygen atoms in total. The van der Waals surface area contributed by atoms with Crippen LogP contribution in [0.25, 0.3) is 5.69 Å². The maximum absolute atomic E-state index is 13.0. The van der Waals surface area contributed by atoms with Crippen LogP contribution in [0.2, 0.25) is 5.02 Å². The van der Waals surface area contributed by atoms with E-state index < -0.39 is 11.7 Å². The molecule has 1 aromatic heterocycles. The van der Waals surface area contributed by atoms with Gasteiger partial charge in [0.25, 0.3) is 5.91 Å². The summed E-state index contributed by atoms with van der Waals surface area (Å²) in [5.41, 5.74) is 1.96. The van der Waals surface area contributed by atoms with Gasteiger partial charge in [0.05, 0.1) is 22.5 Å². The van der Waals surface area contributed by atoms with Crippen LogP contribution in [0, 0.1) is 5.82 Å². The predicted molar refractivity (Wildman–Crippen MR) is 104 cm³/mol. The van der Waals surface area contributed by atoms with Crippen molar-refractivity contribution in [2.75, 3.05) is 6.54 Å². The lowest BCUT2D eigenvalue weighted by atomic mass is 10.2. The molecule has 0 saturated heterocycles. The number of halogens is 2. The molecule has 144 valence electrons. The lowest BCUT2D eigenvalue weighted by molar-refractivity contribution is -0.121. The minimum absolute atomic E-state index is 0.0254. The van der Waals surface area contributed by atoms with Crippen molar-refractivity contribution >= 4 is 23.4 Å². The van der Waals surface area contributed by atoms with Gasteiger partial charge < -0.3 is 10.6 Å². The van der Waals surface area contributed by atoms with Crippen molar-refractivity contribution in [3.05, 3.63) is 82.9 Å². The Morgan fingerprint density at radius 3 is 2.64 bits per heavy atom. The molecule has 3 aromatic rings. The second-order valence-corrected chi connectivity index (χ2v) is 6.44. The molecule has 0 saturated carbocycles. The molecule has 3 rings (SSSR count). The SMILES string of the molecule is O=C(CCNC(=O)c1ccc(F)cc1Cl)NCc1cnn(-c2ccccc2)c1. The summed E-state index contributed by atoms with van der Waals surface area (Å²) in [4.78, 5) is 24.0. The van der Waals surface area contributed by atoms with Crippen LogP contribution in [0.5, 0.6) is 0 Å². The number of nitrogens with one attached hydrogen (secondary N) is 2. The molecule has 0 atom stereocenters. The molecule has 0 aliphatic heterocycles. The van der Waals surface area contributed by atoms with Gasteiger partial charge in [0, 0.05) is 31.3 Å². The van der Waals surface area contributed by atoms with Gasteiger partial charge in [-0.25, -0.2) is 9.07 Å². The average molecular weight is 401 g/mol. The fraction of sp³-hybridized carbons (Fsp3) is 0.150. The Kier molecular flexibility index (Phi) is 6.39. The summed E-state index contributed by atoms with van der Waals surface area (Å²) >= 11 is 5.84. The van der Waals surface area contributed by atoms with Crippen LogP contribution >= 0.6 is 11.6 Å². The Morgan fingerprint density at radius 1 is 1.11 bits per heavy atom. The minimum Gasteiger partial charge on any atom is -0.352 e. The molecule has 0 radical (unpaired) electrons. The van der Waals surface area contributed by atoms with Gasteiger partial charge in [0.1, 0.15) is 5.82 Å². The zero-order valence-corrected chi connectivity index (χ0v) is 15.6. The van der Waals surface area contributed by atoms with E-state index in [0.717, 1.165) is 23.4 Å². The minimum atomic E-state index is -0.517. The molecule has 0 aliphatic rings. The maximum atomic E-state index is 13.0. The predicted octanol–water partition coefficient (Wildman–Crippen LogP) is 3.10. The van der Waals surface area contributed by atoms with Crippen LogP contribution in [0.15, 0.2) is 60.9 Å². The normalized spacial score (nSPS) is 10.5. The summed E-state index contributed by atoms with van der Waals surface area (Å²) < 4.78 is 14.7. The number of hydrogen-bond acceptors (Lipinski definition) is 3.